The second-order valence-electron chi connectivity index (χ2n) is 4.70. The van der Waals surface area contributed by atoms with E-state index in [1.54, 1.807) is 10.7 Å². The number of aromatic nitrogens is 2. The maximum Gasteiger partial charge on any atom is 0.319 e. The van der Waals surface area contributed by atoms with Gasteiger partial charge in [0.2, 0.25) is 0 Å². The average Bonchev–Trinajstić information content (AvgIpc) is 3.05. The van der Waals surface area contributed by atoms with E-state index >= 15 is 0 Å². The standard InChI is InChI=1S/C13H16N4O/c18-13(14-7-5-10-3-4-10)16-11-2-1-9-17-12(11)6-8-15-17/h1-2,6,8-10H,3-5,7H2,(H2,14,16,18). The highest BCUT2D eigenvalue weighted by atomic mass is 16.2. The van der Waals surface area contributed by atoms with E-state index in [9.17, 15) is 4.79 Å². The largest absolute Gasteiger partial charge is 0.338 e. The van der Waals surface area contributed by atoms with Gasteiger partial charge < -0.3 is 10.6 Å². The molecule has 1 aliphatic rings. The second-order valence-corrected chi connectivity index (χ2v) is 4.70. The molecule has 18 heavy (non-hydrogen) atoms. The summed E-state index contributed by atoms with van der Waals surface area (Å²) in [5, 5.41) is 9.86. The maximum absolute atomic E-state index is 11.7. The molecule has 5 nitrogen and oxygen atoms in total. The van der Waals surface area contributed by atoms with Gasteiger partial charge in [0.15, 0.2) is 0 Å². The molecule has 0 bridgehead atoms. The summed E-state index contributed by atoms with van der Waals surface area (Å²) in [5.41, 5.74) is 1.67. The highest BCUT2D eigenvalue weighted by Gasteiger charge is 2.20. The van der Waals surface area contributed by atoms with E-state index in [0.29, 0.717) is 0 Å². The fraction of sp³-hybridized carbons (Fsp3) is 0.385. The summed E-state index contributed by atoms with van der Waals surface area (Å²) >= 11 is 0. The second kappa shape index (κ2) is 4.68. The molecular formula is C13H16N4O. The molecule has 0 radical (unpaired) electrons. The third-order valence-corrected chi connectivity index (χ3v) is 3.22. The molecule has 1 saturated carbocycles. The predicted molar refractivity (Wildman–Crippen MR) is 69.6 cm³/mol. The van der Waals surface area contributed by atoms with Crippen LogP contribution in [0.25, 0.3) is 5.52 Å². The van der Waals surface area contributed by atoms with Gasteiger partial charge in [0, 0.05) is 12.7 Å². The van der Waals surface area contributed by atoms with E-state index in [-0.39, 0.29) is 6.03 Å². The number of carbonyl (C=O) groups excluding carboxylic acids is 1. The van der Waals surface area contributed by atoms with E-state index in [1.165, 1.54) is 12.8 Å². The van der Waals surface area contributed by atoms with Crippen molar-refractivity contribution in [1.82, 2.24) is 14.9 Å². The monoisotopic (exact) mass is 244 g/mol. The Morgan fingerprint density at radius 3 is 3.17 bits per heavy atom. The van der Waals surface area contributed by atoms with Gasteiger partial charge in [-0.15, -0.1) is 0 Å². The summed E-state index contributed by atoms with van der Waals surface area (Å²) in [4.78, 5) is 11.7. The number of hydrogen-bond acceptors (Lipinski definition) is 2. The molecule has 0 unspecified atom stereocenters. The highest BCUT2D eigenvalue weighted by Crippen LogP contribution is 2.31. The number of fused-ring (bicyclic) bond motifs is 1. The van der Waals surface area contributed by atoms with Crippen molar-refractivity contribution < 1.29 is 4.79 Å². The lowest BCUT2D eigenvalue weighted by molar-refractivity contribution is 0.252. The summed E-state index contributed by atoms with van der Waals surface area (Å²) in [6, 6.07) is 5.46. The fourth-order valence-electron chi connectivity index (χ4n) is 2.02. The molecule has 0 aliphatic heterocycles. The van der Waals surface area contributed by atoms with E-state index in [4.69, 9.17) is 0 Å². The zero-order valence-electron chi connectivity index (χ0n) is 10.1. The molecule has 0 aromatic carbocycles. The number of pyridine rings is 1. The molecule has 2 N–H and O–H groups in total. The number of amides is 2. The lowest BCUT2D eigenvalue weighted by Gasteiger charge is -2.08. The zero-order valence-corrected chi connectivity index (χ0v) is 10.1. The topological polar surface area (TPSA) is 58.4 Å². The Morgan fingerprint density at radius 2 is 2.33 bits per heavy atom. The zero-order chi connectivity index (χ0) is 12.4. The van der Waals surface area contributed by atoms with Crippen LogP contribution in [0.15, 0.2) is 30.6 Å². The Bertz CT molecular complexity index is 559. The normalized spacial score (nSPS) is 14.7. The first-order valence-corrected chi connectivity index (χ1v) is 6.30. The molecule has 2 aromatic rings. The van der Waals surface area contributed by atoms with E-state index in [1.807, 2.05) is 24.4 Å². The van der Waals surface area contributed by atoms with E-state index in [0.717, 1.165) is 30.1 Å². The Kier molecular flexibility index (Phi) is 2.88. The van der Waals surface area contributed by atoms with Crippen molar-refractivity contribution in [2.75, 3.05) is 11.9 Å². The van der Waals surface area contributed by atoms with Crippen LogP contribution in [-0.2, 0) is 0 Å². The molecule has 3 rings (SSSR count). The number of urea groups is 1. The summed E-state index contributed by atoms with van der Waals surface area (Å²) < 4.78 is 1.74. The van der Waals surface area contributed by atoms with Crippen molar-refractivity contribution in [3.8, 4) is 0 Å². The van der Waals surface area contributed by atoms with Crippen LogP contribution in [0.4, 0.5) is 10.5 Å². The minimum Gasteiger partial charge on any atom is -0.338 e. The van der Waals surface area contributed by atoms with Crippen LogP contribution in [0.1, 0.15) is 19.3 Å². The molecule has 2 heterocycles. The van der Waals surface area contributed by atoms with Crippen LogP contribution in [0.5, 0.6) is 0 Å². The number of rotatable bonds is 4. The fourth-order valence-corrected chi connectivity index (χ4v) is 2.02. The number of carbonyl (C=O) groups is 1. The number of nitrogens with zero attached hydrogens (tertiary/aromatic N) is 2. The first kappa shape index (κ1) is 11.1. The van der Waals surface area contributed by atoms with Crippen molar-refractivity contribution in [2.24, 2.45) is 5.92 Å². The highest BCUT2D eigenvalue weighted by molar-refractivity contribution is 5.93. The van der Waals surface area contributed by atoms with Crippen LogP contribution in [0, 0.1) is 5.92 Å². The molecule has 1 aliphatic carbocycles. The van der Waals surface area contributed by atoms with Crippen molar-refractivity contribution in [3.63, 3.8) is 0 Å². The first-order valence-electron chi connectivity index (χ1n) is 6.30. The van der Waals surface area contributed by atoms with Crippen LogP contribution in [-0.4, -0.2) is 22.2 Å². The van der Waals surface area contributed by atoms with Crippen molar-refractivity contribution in [3.05, 3.63) is 30.6 Å². The molecule has 5 heteroatoms. The van der Waals surface area contributed by atoms with Gasteiger partial charge in [-0.2, -0.15) is 5.10 Å². The SMILES string of the molecule is O=C(NCCC1CC1)Nc1cccn2nccc12. The smallest absolute Gasteiger partial charge is 0.319 e. The average molecular weight is 244 g/mol. The quantitative estimate of drug-likeness (QED) is 0.866. The minimum atomic E-state index is -0.148. The van der Waals surface area contributed by atoms with Gasteiger partial charge in [-0.1, -0.05) is 12.8 Å². The molecule has 2 amide bonds. The summed E-state index contributed by atoms with van der Waals surface area (Å²) in [5.74, 6) is 0.837. The van der Waals surface area contributed by atoms with Crippen molar-refractivity contribution >= 4 is 17.2 Å². The van der Waals surface area contributed by atoms with Gasteiger partial charge in [-0.05, 0) is 30.5 Å². The van der Waals surface area contributed by atoms with Crippen LogP contribution >= 0.6 is 0 Å². The lowest BCUT2D eigenvalue weighted by Crippen LogP contribution is -2.29. The number of hydrogen-bond donors (Lipinski definition) is 2. The Labute approximate surface area is 105 Å². The first-order chi connectivity index (χ1) is 8.83. The van der Waals surface area contributed by atoms with Crippen LogP contribution < -0.4 is 10.6 Å². The Hall–Kier alpha value is -2.04. The minimum absolute atomic E-state index is 0.148. The van der Waals surface area contributed by atoms with Crippen LogP contribution in [0.2, 0.25) is 0 Å². The van der Waals surface area contributed by atoms with E-state index in [2.05, 4.69) is 15.7 Å². The Morgan fingerprint density at radius 1 is 1.44 bits per heavy atom. The van der Waals surface area contributed by atoms with Crippen molar-refractivity contribution in [1.29, 1.82) is 0 Å². The summed E-state index contributed by atoms with van der Waals surface area (Å²) in [7, 11) is 0. The third-order valence-electron chi connectivity index (χ3n) is 3.22. The summed E-state index contributed by atoms with van der Waals surface area (Å²) in [6.07, 6.45) is 7.29. The molecular weight excluding hydrogens is 228 g/mol. The van der Waals surface area contributed by atoms with Gasteiger partial charge in [-0.3, -0.25) is 0 Å². The summed E-state index contributed by atoms with van der Waals surface area (Å²) in [6.45, 7) is 0.749. The third kappa shape index (κ3) is 2.45. The van der Waals surface area contributed by atoms with Gasteiger partial charge in [0.25, 0.3) is 0 Å². The van der Waals surface area contributed by atoms with E-state index < -0.39 is 0 Å². The maximum atomic E-state index is 11.7. The molecule has 0 saturated heterocycles. The molecule has 2 aromatic heterocycles. The van der Waals surface area contributed by atoms with Gasteiger partial charge >= 0.3 is 6.03 Å². The van der Waals surface area contributed by atoms with Gasteiger partial charge in [0.1, 0.15) is 0 Å². The van der Waals surface area contributed by atoms with Crippen molar-refractivity contribution in [2.45, 2.75) is 19.3 Å². The molecule has 94 valence electrons. The van der Waals surface area contributed by atoms with Crippen LogP contribution in [0.3, 0.4) is 0 Å². The molecule has 0 atom stereocenters. The molecule has 0 spiro atoms. The van der Waals surface area contributed by atoms with Gasteiger partial charge in [-0.25, -0.2) is 9.31 Å². The Balaban J connectivity index is 1.60. The lowest BCUT2D eigenvalue weighted by atomic mass is 10.3. The number of anilines is 1. The van der Waals surface area contributed by atoms with Gasteiger partial charge in [0.05, 0.1) is 17.4 Å². The predicted octanol–water partition coefficient (Wildman–Crippen LogP) is 2.26. The number of nitrogens with one attached hydrogen (secondary N) is 2. The molecule has 1 fully saturated rings.